The van der Waals surface area contributed by atoms with Gasteiger partial charge in [-0.05, 0) is 30.7 Å². The Morgan fingerprint density at radius 2 is 2.00 bits per heavy atom. The van der Waals surface area contributed by atoms with Gasteiger partial charge < -0.3 is 10.1 Å². The van der Waals surface area contributed by atoms with Crippen molar-refractivity contribution in [2.45, 2.75) is 6.92 Å². The van der Waals surface area contributed by atoms with Crippen LogP contribution in [-0.4, -0.2) is 13.2 Å². The van der Waals surface area contributed by atoms with Gasteiger partial charge in [0.2, 0.25) is 0 Å². The Morgan fingerprint density at radius 1 is 1.21 bits per heavy atom. The van der Waals surface area contributed by atoms with Gasteiger partial charge in [-0.2, -0.15) is 0 Å². The normalized spacial score (nSPS) is 10.3. The van der Waals surface area contributed by atoms with Crippen molar-refractivity contribution < 1.29 is 9.13 Å². The summed E-state index contributed by atoms with van der Waals surface area (Å²) in [5, 5.41) is 3.83. The lowest BCUT2D eigenvalue weighted by Crippen LogP contribution is -2.11. The molecule has 0 radical (unpaired) electrons. The second kappa shape index (κ2) is 6.43. The molecule has 4 heteroatoms. The lowest BCUT2D eigenvalue weighted by molar-refractivity contribution is 0.331. The minimum absolute atomic E-state index is 0.253. The predicted molar refractivity (Wildman–Crippen MR) is 76.6 cm³/mol. The summed E-state index contributed by atoms with van der Waals surface area (Å²) in [5.74, 6) is 0.278. The molecule has 0 spiro atoms. The molecule has 0 aliphatic heterocycles. The highest BCUT2D eigenvalue weighted by atomic mass is 35.5. The highest BCUT2D eigenvalue weighted by molar-refractivity contribution is 6.33. The van der Waals surface area contributed by atoms with Crippen molar-refractivity contribution in [3.05, 3.63) is 58.9 Å². The summed E-state index contributed by atoms with van der Waals surface area (Å²) >= 11 is 6.01. The van der Waals surface area contributed by atoms with E-state index in [9.17, 15) is 4.39 Å². The maximum Gasteiger partial charge on any atom is 0.129 e. The van der Waals surface area contributed by atoms with Crippen LogP contribution < -0.4 is 10.1 Å². The molecular weight excluding hydrogens is 265 g/mol. The molecule has 2 rings (SSSR count). The number of halogens is 2. The molecule has 2 nitrogen and oxygen atoms in total. The molecule has 100 valence electrons. The van der Waals surface area contributed by atoms with E-state index >= 15 is 0 Å². The number of rotatable bonds is 5. The largest absolute Gasteiger partial charge is 0.492 e. The highest BCUT2D eigenvalue weighted by Crippen LogP contribution is 2.20. The van der Waals surface area contributed by atoms with E-state index in [-0.39, 0.29) is 5.82 Å². The Balaban J connectivity index is 1.81. The summed E-state index contributed by atoms with van der Waals surface area (Å²) < 4.78 is 18.8. The van der Waals surface area contributed by atoms with Gasteiger partial charge in [0.25, 0.3) is 0 Å². The van der Waals surface area contributed by atoms with E-state index in [0.29, 0.717) is 29.5 Å². The first kappa shape index (κ1) is 13.7. The average Bonchev–Trinajstić information content (AvgIpc) is 2.40. The first-order valence-electron chi connectivity index (χ1n) is 6.04. The summed E-state index contributed by atoms with van der Waals surface area (Å²) in [6.07, 6.45) is 0. The zero-order chi connectivity index (χ0) is 13.7. The number of nitrogens with one attached hydrogen (secondary N) is 1. The fourth-order valence-electron chi connectivity index (χ4n) is 1.62. The third kappa shape index (κ3) is 3.86. The molecule has 0 bridgehead atoms. The topological polar surface area (TPSA) is 21.3 Å². The molecule has 0 fully saturated rings. The van der Waals surface area contributed by atoms with Gasteiger partial charge in [0.05, 0.1) is 10.7 Å². The van der Waals surface area contributed by atoms with Crippen LogP contribution in [0.1, 0.15) is 5.56 Å². The third-order valence-electron chi connectivity index (χ3n) is 2.70. The quantitative estimate of drug-likeness (QED) is 0.825. The van der Waals surface area contributed by atoms with Crippen LogP contribution in [0.25, 0.3) is 0 Å². The van der Waals surface area contributed by atoms with Crippen LogP contribution in [0.4, 0.5) is 10.1 Å². The zero-order valence-corrected chi connectivity index (χ0v) is 11.4. The molecule has 2 aromatic rings. The van der Waals surface area contributed by atoms with Crippen LogP contribution in [0.2, 0.25) is 5.02 Å². The monoisotopic (exact) mass is 279 g/mol. The van der Waals surface area contributed by atoms with Crippen LogP contribution in [0.3, 0.4) is 0 Å². The molecule has 0 aliphatic rings. The Hall–Kier alpha value is -1.74. The van der Waals surface area contributed by atoms with Crippen molar-refractivity contribution in [2.24, 2.45) is 0 Å². The molecule has 0 atom stereocenters. The number of aryl methyl sites for hydroxylation is 1. The highest BCUT2D eigenvalue weighted by Gasteiger charge is 2.01. The van der Waals surface area contributed by atoms with Gasteiger partial charge in [-0.3, -0.25) is 0 Å². The van der Waals surface area contributed by atoms with Gasteiger partial charge >= 0.3 is 0 Å². The molecule has 0 aromatic heterocycles. The molecule has 1 N–H and O–H groups in total. The number of benzene rings is 2. The summed E-state index contributed by atoms with van der Waals surface area (Å²) in [6.45, 7) is 2.75. The smallest absolute Gasteiger partial charge is 0.129 e. The van der Waals surface area contributed by atoms with E-state index in [1.807, 2.05) is 24.3 Å². The van der Waals surface area contributed by atoms with E-state index in [1.54, 1.807) is 19.1 Å². The summed E-state index contributed by atoms with van der Waals surface area (Å²) in [6, 6.07) is 12.3. The van der Waals surface area contributed by atoms with Gasteiger partial charge in [-0.1, -0.05) is 29.8 Å². The minimum atomic E-state index is -0.253. The second-order valence-electron chi connectivity index (χ2n) is 4.17. The molecular formula is C15H15ClFNO. The van der Waals surface area contributed by atoms with Crippen LogP contribution in [0.15, 0.2) is 42.5 Å². The van der Waals surface area contributed by atoms with Gasteiger partial charge in [0.1, 0.15) is 18.2 Å². The maximum absolute atomic E-state index is 13.3. The van der Waals surface area contributed by atoms with Gasteiger partial charge in [0.15, 0.2) is 0 Å². The van der Waals surface area contributed by atoms with Crippen molar-refractivity contribution in [1.82, 2.24) is 0 Å². The van der Waals surface area contributed by atoms with Crippen molar-refractivity contribution in [3.8, 4) is 5.75 Å². The fourth-order valence-corrected chi connectivity index (χ4v) is 1.83. The average molecular weight is 280 g/mol. The van der Waals surface area contributed by atoms with Crippen molar-refractivity contribution in [3.63, 3.8) is 0 Å². The fraction of sp³-hybridized carbons (Fsp3) is 0.200. The zero-order valence-electron chi connectivity index (χ0n) is 10.6. The Kier molecular flexibility index (Phi) is 4.63. The molecule has 0 amide bonds. The minimum Gasteiger partial charge on any atom is -0.492 e. The van der Waals surface area contributed by atoms with Crippen LogP contribution in [-0.2, 0) is 0 Å². The second-order valence-corrected chi connectivity index (χ2v) is 4.57. The number of anilines is 1. The molecule has 0 heterocycles. The molecule has 0 saturated heterocycles. The first-order chi connectivity index (χ1) is 9.16. The molecule has 0 saturated carbocycles. The van der Waals surface area contributed by atoms with Crippen LogP contribution >= 0.6 is 11.6 Å². The van der Waals surface area contributed by atoms with E-state index in [0.717, 1.165) is 5.69 Å². The van der Waals surface area contributed by atoms with Crippen molar-refractivity contribution in [1.29, 1.82) is 0 Å². The number of ether oxygens (including phenoxy) is 1. The van der Waals surface area contributed by atoms with E-state index in [4.69, 9.17) is 16.3 Å². The molecule has 0 unspecified atom stereocenters. The molecule has 0 aliphatic carbocycles. The van der Waals surface area contributed by atoms with Crippen molar-refractivity contribution in [2.75, 3.05) is 18.5 Å². The number of para-hydroxylation sites is 1. The summed E-state index contributed by atoms with van der Waals surface area (Å²) in [4.78, 5) is 0. The van der Waals surface area contributed by atoms with E-state index < -0.39 is 0 Å². The van der Waals surface area contributed by atoms with Crippen molar-refractivity contribution >= 4 is 17.3 Å². The van der Waals surface area contributed by atoms with Gasteiger partial charge in [-0.25, -0.2) is 4.39 Å². The number of hydrogen-bond acceptors (Lipinski definition) is 2. The van der Waals surface area contributed by atoms with E-state index in [1.165, 1.54) is 6.07 Å². The van der Waals surface area contributed by atoms with E-state index in [2.05, 4.69) is 5.32 Å². The standard InChI is InChI=1S/C15H15ClFNO/c1-11-6-7-12(10-14(11)17)19-9-8-18-15-5-3-2-4-13(15)16/h2-7,10,18H,8-9H2,1H3. The van der Waals surface area contributed by atoms with Gasteiger partial charge in [-0.15, -0.1) is 0 Å². The Labute approximate surface area is 117 Å². The van der Waals surface area contributed by atoms with Gasteiger partial charge in [0, 0.05) is 12.6 Å². The summed E-state index contributed by atoms with van der Waals surface area (Å²) in [7, 11) is 0. The maximum atomic E-state index is 13.3. The first-order valence-corrected chi connectivity index (χ1v) is 6.42. The SMILES string of the molecule is Cc1ccc(OCCNc2ccccc2Cl)cc1F. The Morgan fingerprint density at radius 3 is 2.74 bits per heavy atom. The molecule has 2 aromatic carbocycles. The molecule has 19 heavy (non-hydrogen) atoms. The Bertz CT molecular complexity index is 560. The number of hydrogen-bond donors (Lipinski definition) is 1. The lowest BCUT2D eigenvalue weighted by Gasteiger charge is -2.10. The van der Waals surface area contributed by atoms with Crippen LogP contribution in [0.5, 0.6) is 5.75 Å². The lowest BCUT2D eigenvalue weighted by atomic mass is 10.2. The third-order valence-corrected chi connectivity index (χ3v) is 3.03. The van der Waals surface area contributed by atoms with Crippen LogP contribution in [0, 0.1) is 12.7 Å². The predicted octanol–water partition coefficient (Wildman–Crippen LogP) is 4.28. The summed E-state index contributed by atoms with van der Waals surface area (Å²) in [5.41, 5.74) is 1.48.